The third kappa shape index (κ3) is 5.09. The first-order valence-corrected chi connectivity index (χ1v) is 6.88. The van der Waals surface area contributed by atoms with Crippen LogP contribution in [0.2, 0.25) is 0 Å². The van der Waals surface area contributed by atoms with Crippen molar-refractivity contribution in [2.24, 2.45) is 0 Å². The van der Waals surface area contributed by atoms with Crippen LogP contribution in [0.4, 0.5) is 5.69 Å². The second kappa shape index (κ2) is 8.43. The largest absolute Gasteiger partial charge is 0.496 e. The molecule has 0 aliphatic heterocycles. The number of carbonyl (C=O) groups is 1. The van der Waals surface area contributed by atoms with Crippen LogP contribution in [0.5, 0.6) is 5.75 Å². The van der Waals surface area contributed by atoms with Gasteiger partial charge in [0.15, 0.2) is 0 Å². The highest BCUT2D eigenvalue weighted by Crippen LogP contribution is 2.23. The van der Waals surface area contributed by atoms with Gasteiger partial charge >= 0.3 is 0 Å². The standard InChI is InChI=1S/C15H24N2O3/c1-11(2)20-10-5-4-9-17-15(18)14-12(16)7-6-8-13(14)19-3/h6-8,11H,4-5,9-10,16H2,1-3H3,(H,17,18). The molecule has 1 aromatic carbocycles. The molecule has 5 heteroatoms. The number of nitrogens with one attached hydrogen (secondary N) is 1. The number of nitrogen functional groups attached to an aromatic ring is 1. The van der Waals surface area contributed by atoms with Crippen molar-refractivity contribution in [1.29, 1.82) is 0 Å². The minimum absolute atomic E-state index is 0.204. The Hall–Kier alpha value is -1.75. The Morgan fingerprint density at radius 2 is 2.10 bits per heavy atom. The fraction of sp³-hybridized carbons (Fsp3) is 0.533. The number of methoxy groups -OCH3 is 1. The van der Waals surface area contributed by atoms with E-state index in [0.717, 1.165) is 12.8 Å². The van der Waals surface area contributed by atoms with Gasteiger partial charge in [-0.15, -0.1) is 0 Å². The lowest BCUT2D eigenvalue weighted by molar-refractivity contribution is 0.0754. The van der Waals surface area contributed by atoms with Crippen molar-refractivity contribution in [1.82, 2.24) is 5.32 Å². The molecule has 0 radical (unpaired) electrons. The van der Waals surface area contributed by atoms with Crippen LogP contribution in [0.25, 0.3) is 0 Å². The molecule has 0 fully saturated rings. The van der Waals surface area contributed by atoms with Crippen molar-refractivity contribution in [3.05, 3.63) is 23.8 Å². The quantitative estimate of drug-likeness (QED) is 0.565. The fourth-order valence-corrected chi connectivity index (χ4v) is 1.80. The zero-order chi connectivity index (χ0) is 15.0. The van der Waals surface area contributed by atoms with Gasteiger partial charge in [-0.05, 0) is 38.8 Å². The Bertz CT molecular complexity index is 433. The normalized spacial score (nSPS) is 10.6. The Kier molecular flexibility index (Phi) is 6.87. The van der Waals surface area contributed by atoms with E-state index in [0.29, 0.717) is 30.2 Å². The molecule has 0 aliphatic carbocycles. The van der Waals surface area contributed by atoms with Crippen LogP contribution in [-0.4, -0.2) is 32.3 Å². The van der Waals surface area contributed by atoms with Crippen molar-refractivity contribution in [3.8, 4) is 5.75 Å². The summed E-state index contributed by atoms with van der Waals surface area (Å²) in [6.45, 7) is 5.32. The van der Waals surface area contributed by atoms with E-state index in [1.165, 1.54) is 7.11 Å². The second-order valence-electron chi connectivity index (χ2n) is 4.81. The molecule has 1 amide bonds. The lowest BCUT2D eigenvalue weighted by Crippen LogP contribution is -2.26. The van der Waals surface area contributed by atoms with Gasteiger partial charge < -0.3 is 20.5 Å². The van der Waals surface area contributed by atoms with Crippen LogP contribution in [0.15, 0.2) is 18.2 Å². The van der Waals surface area contributed by atoms with Gasteiger partial charge in [-0.25, -0.2) is 0 Å². The summed E-state index contributed by atoms with van der Waals surface area (Å²) in [5.74, 6) is 0.287. The molecule has 1 aromatic rings. The molecular formula is C15H24N2O3. The molecule has 0 bridgehead atoms. The van der Waals surface area contributed by atoms with Crippen LogP contribution in [0.3, 0.4) is 0 Å². The summed E-state index contributed by atoms with van der Waals surface area (Å²) in [6, 6.07) is 5.17. The van der Waals surface area contributed by atoms with E-state index in [9.17, 15) is 4.79 Å². The predicted octanol–water partition coefficient (Wildman–Crippen LogP) is 2.21. The van der Waals surface area contributed by atoms with Crippen LogP contribution in [-0.2, 0) is 4.74 Å². The van der Waals surface area contributed by atoms with Crippen molar-refractivity contribution in [2.75, 3.05) is 26.0 Å². The molecule has 1 rings (SSSR count). The molecule has 0 heterocycles. The van der Waals surface area contributed by atoms with Gasteiger partial charge in [0.1, 0.15) is 11.3 Å². The van der Waals surface area contributed by atoms with Crippen LogP contribution in [0, 0.1) is 0 Å². The molecule has 0 saturated carbocycles. The molecule has 0 unspecified atom stereocenters. The summed E-state index contributed by atoms with van der Waals surface area (Å²) in [7, 11) is 1.52. The topological polar surface area (TPSA) is 73.6 Å². The van der Waals surface area contributed by atoms with E-state index < -0.39 is 0 Å². The first kappa shape index (κ1) is 16.3. The van der Waals surface area contributed by atoms with E-state index in [4.69, 9.17) is 15.2 Å². The minimum Gasteiger partial charge on any atom is -0.496 e. The molecule has 112 valence electrons. The summed E-state index contributed by atoms with van der Waals surface area (Å²) in [4.78, 5) is 12.1. The van der Waals surface area contributed by atoms with Gasteiger partial charge in [0, 0.05) is 18.8 Å². The highest BCUT2D eigenvalue weighted by atomic mass is 16.5. The number of nitrogens with two attached hydrogens (primary N) is 1. The van der Waals surface area contributed by atoms with Crippen molar-refractivity contribution >= 4 is 11.6 Å². The maximum atomic E-state index is 12.1. The zero-order valence-electron chi connectivity index (χ0n) is 12.4. The van der Waals surface area contributed by atoms with Gasteiger partial charge in [0.05, 0.1) is 13.2 Å². The van der Waals surface area contributed by atoms with Crippen LogP contribution >= 0.6 is 0 Å². The SMILES string of the molecule is COc1cccc(N)c1C(=O)NCCCCOC(C)C. The predicted molar refractivity (Wildman–Crippen MR) is 80.1 cm³/mol. The lowest BCUT2D eigenvalue weighted by Gasteiger charge is -2.11. The summed E-state index contributed by atoms with van der Waals surface area (Å²) >= 11 is 0. The Labute approximate surface area is 120 Å². The van der Waals surface area contributed by atoms with Gasteiger partial charge in [-0.3, -0.25) is 4.79 Å². The number of carbonyl (C=O) groups excluding carboxylic acids is 1. The van der Waals surface area contributed by atoms with E-state index in [2.05, 4.69) is 5.32 Å². The Morgan fingerprint density at radius 1 is 1.35 bits per heavy atom. The Balaban J connectivity index is 2.40. The summed E-state index contributed by atoms with van der Waals surface area (Å²) in [5.41, 5.74) is 6.64. The van der Waals surface area contributed by atoms with Gasteiger partial charge in [-0.2, -0.15) is 0 Å². The maximum Gasteiger partial charge on any atom is 0.257 e. The fourth-order valence-electron chi connectivity index (χ4n) is 1.80. The molecule has 0 atom stereocenters. The Morgan fingerprint density at radius 3 is 2.75 bits per heavy atom. The van der Waals surface area contributed by atoms with E-state index in [1.807, 2.05) is 13.8 Å². The molecule has 0 aromatic heterocycles. The first-order valence-electron chi connectivity index (χ1n) is 6.88. The third-order valence-electron chi connectivity index (χ3n) is 2.81. The highest BCUT2D eigenvalue weighted by Gasteiger charge is 2.14. The maximum absolute atomic E-state index is 12.1. The van der Waals surface area contributed by atoms with Gasteiger partial charge in [-0.1, -0.05) is 6.07 Å². The molecule has 20 heavy (non-hydrogen) atoms. The van der Waals surface area contributed by atoms with E-state index in [1.54, 1.807) is 18.2 Å². The third-order valence-corrected chi connectivity index (χ3v) is 2.81. The smallest absolute Gasteiger partial charge is 0.257 e. The highest BCUT2D eigenvalue weighted by molar-refractivity contribution is 6.01. The number of hydrogen-bond donors (Lipinski definition) is 2. The summed E-state index contributed by atoms with van der Waals surface area (Å²) < 4.78 is 10.6. The molecule has 0 saturated heterocycles. The molecule has 3 N–H and O–H groups in total. The zero-order valence-corrected chi connectivity index (χ0v) is 12.4. The number of hydrogen-bond acceptors (Lipinski definition) is 4. The van der Waals surface area contributed by atoms with Crippen molar-refractivity contribution in [2.45, 2.75) is 32.8 Å². The van der Waals surface area contributed by atoms with Crippen LogP contribution < -0.4 is 15.8 Å². The monoisotopic (exact) mass is 280 g/mol. The number of amides is 1. The second-order valence-corrected chi connectivity index (χ2v) is 4.81. The average molecular weight is 280 g/mol. The van der Waals surface area contributed by atoms with Crippen molar-refractivity contribution in [3.63, 3.8) is 0 Å². The average Bonchev–Trinajstić information content (AvgIpc) is 2.41. The summed E-state index contributed by atoms with van der Waals surface area (Å²) in [5, 5.41) is 2.85. The number of anilines is 1. The van der Waals surface area contributed by atoms with Crippen molar-refractivity contribution < 1.29 is 14.3 Å². The lowest BCUT2D eigenvalue weighted by atomic mass is 10.1. The number of unbranched alkanes of at least 4 members (excludes halogenated alkanes) is 1. The first-order chi connectivity index (χ1) is 9.56. The number of ether oxygens (including phenoxy) is 2. The number of rotatable bonds is 8. The summed E-state index contributed by atoms with van der Waals surface area (Å²) in [6.07, 6.45) is 2.03. The molecule has 0 aliphatic rings. The van der Waals surface area contributed by atoms with E-state index >= 15 is 0 Å². The minimum atomic E-state index is -0.204. The van der Waals surface area contributed by atoms with Gasteiger partial charge in [0.25, 0.3) is 5.91 Å². The molecule has 5 nitrogen and oxygen atoms in total. The molecular weight excluding hydrogens is 256 g/mol. The number of benzene rings is 1. The van der Waals surface area contributed by atoms with E-state index in [-0.39, 0.29) is 12.0 Å². The van der Waals surface area contributed by atoms with Crippen LogP contribution in [0.1, 0.15) is 37.0 Å². The molecule has 0 spiro atoms. The van der Waals surface area contributed by atoms with Gasteiger partial charge in [0.2, 0.25) is 0 Å².